The Bertz CT molecular complexity index is 551. The number of ketones is 1. The Kier molecular flexibility index (Phi) is 3.32. The van der Waals surface area contributed by atoms with Crippen molar-refractivity contribution in [3.63, 3.8) is 0 Å². The van der Waals surface area contributed by atoms with Crippen molar-refractivity contribution in [2.75, 3.05) is 0 Å². The van der Waals surface area contributed by atoms with E-state index in [2.05, 4.69) is 23.7 Å². The lowest BCUT2D eigenvalue weighted by molar-refractivity contribution is 0.0973. The number of nitrogens with zero attached hydrogens (tertiary/aromatic N) is 1. The fourth-order valence-electron chi connectivity index (χ4n) is 2.59. The molecule has 0 saturated heterocycles. The van der Waals surface area contributed by atoms with Gasteiger partial charge in [0.25, 0.3) is 0 Å². The highest BCUT2D eigenvalue weighted by Gasteiger charge is 2.23. The summed E-state index contributed by atoms with van der Waals surface area (Å²) in [7, 11) is 2.06. The number of fused-ring (bicyclic) bond motifs is 3. The first kappa shape index (κ1) is 11.9. The highest BCUT2D eigenvalue weighted by Crippen LogP contribution is 2.30. The summed E-state index contributed by atoms with van der Waals surface area (Å²) in [6.45, 7) is 4.00. The van der Waals surface area contributed by atoms with Crippen molar-refractivity contribution in [3.8, 4) is 0 Å². The molecule has 1 aliphatic rings. The molecule has 90 valence electrons. The highest BCUT2D eigenvalue weighted by molar-refractivity contribution is 6.10. The minimum Gasteiger partial charge on any atom is -0.347 e. The second kappa shape index (κ2) is 4.74. The van der Waals surface area contributed by atoms with Crippen LogP contribution in [-0.4, -0.2) is 10.4 Å². The molecule has 0 bridgehead atoms. The number of aromatic nitrogens is 1. The third-order valence-electron chi connectivity index (χ3n) is 3.32. The zero-order valence-electron chi connectivity index (χ0n) is 10.8. The second-order valence-electron chi connectivity index (χ2n) is 4.17. The molecule has 0 saturated carbocycles. The van der Waals surface area contributed by atoms with Gasteiger partial charge < -0.3 is 4.57 Å². The molecule has 0 radical (unpaired) electrons. The topological polar surface area (TPSA) is 22.0 Å². The number of hydrogen-bond acceptors (Lipinski definition) is 1. The normalized spacial score (nSPS) is 14.2. The molecule has 0 N–H and O–H groups in total. The van der Waals surface area contributed by atoms with Crippen LogP contribution in [0.25, 0.3) is 10.9 Å². The molecule has 17 heavy (non-hydrogen) atoms. The Labute approximate surface area is 102 Å². The van der Waals surface area contributed by atoms with Crippen LogP contribution in [-0.2, 0) is 13.5 Å². The Hall–Kier alpha value is -1.57. The SMILES string of the molecule is CC.Cn1c2c(c3ccccc31)C(=O)CCC2. The minimum atomic E-state index is 0.313. The Balaban J connectivity index is 0.000000514. The number of rotatable bonds is 0. The lowest BCUT2D eigenvalue weighted by Crippen LogP contribution is -2.11. The molecular formula is C15H19NO. The fourth-order valence-corrected chi connectivity index (χ4v) is 2.59. The number of aryl methyl sites for hydroxylation is 1. The summed E-state index contributed by atoms with van der Waals surface area (Å²) in [5.74, 6) is 0.313. The van der Waals surface area contributed by atoms with Crippen LogP contribution in [0.3, 0.4) is 0 Å². The van der Waals surface area contributed by atoms with Gasteiger partial charge in [-0.2, -0.15) is 0 Å². The number of carbonyl (C=O) groups excluding carboxylic acids is 1. The number of benzene rings is 1. The summed E-state index contributed by atoms with van der Waals surface area (Å²) >= 11 is 0. The van der Waals surface area contributed by atoms with Gasteiger partial charge in [-0.3, -0.25) is 4.79 Å². The van der Waals surface area contributed by atoms with E-state index in [1.807, 2.05) is 26.0 Å². The van der Waals surface area contributed by atoms with E-state index in [9.17, 15) is 4.79 Å². The molecule has 0 fully saturated rings. The quantitative estimate of drug-likeness (QED) is 0.674. The van der Waals surface area contributed by atoms with Crippen molar-refractivity contribution >= 4 is 16.7 Å². The van der Waals surface area contributed by atoms with Crippen molar-refractivity contribution in [1.29, 1.82) is 0 Å². The lowest BCUT2D eigenvalue weighted by Gasteiger charge is -2.11. The first-order valence-electron chi connectivity index (χ1n) is 6.38. The lowest BCUT2D eigenvalue weighted by atomic mass is 9.94. The average molecular weight is 229 g/mol. The van der Waals surface area contributed by atoms with E-state index in [4.69, 9.17) is 0 Å². The zero-order chi connectivity index (χ0) is 12.4. The minimum absolute atomic E-state index is 0.313. The zero-order valence-corrected chi connectivity index (χ0v) is 10.8. The van der Waals surface area contributed by atoms with Gasteiger partial charge in [-0.1, -0.05) is 32.0 Å². The van der Waals surface area contributed by atoms with E-state index >= 15 is 0 Å². The van der Waals surface area contributed by atoms with E-state index in [0.29, 0.717) is 12.2 Å². The Morgan fingerprint density at radius 2 is 1.82 bits per heavy atom. The van der Waals surface area contributed by atoms with Gasteiger partial charge in [0.05, 0.1) is 0 Å². The number of carbonyl (C=O) groups is 1. The molecule has 1 heterocycles. The van der Waals surface area contributed by atoms with Crippen LogP contribution < -0.4 is 0 Å². The molecule has 2 nitrogen and oxygen atoms in total. The van der Waals surface area contributed by atoms with Crippen molar-refractivity contribution in [2.45, 2.75) is 33.1 Å². The van der Waals surface area contributed by atoms with E-state index in [1.165, 1.54) is 11.2 Å². The molecular weight excluding hydrogens is 210 g/mol. The van der Waals surface area contributed by atoms with Crippen LogP contribution in [0.2, 0.25) is 0 Å². The Morgan fingerprint density at radius 3 is 2.59 bits per heavy atom. The van der Waals surface area contributed by atoms with E-state index in [-0.39, 0.29) is 0 Å². The van der Waals surface area contributed by atoms with Crippen molar-refractivity contribution in [2.24, 2.45) is 7.05 Å². The van der Waals surface area contributed by atoms with E-state index in [1.54, 1.807) is 0 Å². The molecule has 0 aliphatic heterocycles. The largest absolute Gasteiger partial charge is 0.347 e. The highest BCUT2D eigenvalue weighted by atomic mass is 16.1. The van der Waals surface area contributed by atoms with Crippen molar-refractivity contribution in [1.82, 2.24) is 4.57 Å². The second-order valence-corrected chi connectivity index (χ2v) is 4.17. The van der Waals surface area contributed by atoms with Gasteiger partial charge in [0.15, 0.2) is 5.78 Å². The van der Waals surface area contributed by atoms with E-state index in [0.717, 1.165) is 23.8 Å². The van der Waals surface area contributed by atoms with Crippen LogP contribution >= 0.6 is 0 Å². The van der Waals surface area contributed by atoms with Crippen LogP contribution in [0.15, 0.2) is 24.3 Å². The van der Waals surface area contributed by atoms with Crippen molar-refractivity contribution < 1.29 is 4.79 Å². The van der Waals surface area contributed by atoms with Gasteiger partial charge in [0, 0.05) is 35.6 Å². The fraction of sp³-hybridized carbons (Fsp3) is 0.400. The summed E-state index contributed by atoms with van der Waals surface area (Å²) in [6.07, 6.45) is 2.74. The summed E-state index contributed by atoms with van der Waals surface area (Å²) in [5, 5.41) is 1.12. The third-order valence-corrected chi connectivity index (χ3v) is 3.32. The Morgan fingerprint density at radius 1 is 1.12 bits per heavy atom. The first-order valence-corrected chi connectivity index (χ1v) is 6.38. The van der Waals surface area contributed by atoms with Crippen LogP contribution in [0.5, 0.6) is 0 Å². The maximum Gasteiger partial charge on any atom is 0.165 e. The maximum absolute atomic E-state index is 11.9. The van der Waals surface area contributed by atoms with Gasteiger partial charge in [-0.15, -0.1) is 0 Å². The maximum atomic E-state index is 11.9. The van der Waals surface area contributed by atoms with Gasteiger partial charge in [-0.25, -0.2) is 0 Å². The summed E-state index contributed by atoms with van der Waals surface area (Å²) in [6, 6.07) is 8.17. The molecule has 1 aliphatic carbocycles. The third kappa shape index (κ3) is 1.78. The van der Waals surface area contributed by atoms with Crippen LogP contribution in [0.1, 0.15) is 42.7 Å². The number of Topliss-reactive ketones (excluding diaryl/α,β-unsaturated/α-hetero) is 1. The molecule has 3 rings (SSSR count). The molecule has 0 amide bonds. The average Bonchev–Trinajstić information content (AvgIpc) is 2.68. The number of hydrogen-bond donors (Lipinski definition) is 0. The van der Waals surface area contributed by atoms with Crippen LogP contribution in [0, 0.1) is 0 Å². The first-order chi connectivity index (χ1) is 8.29. The standard InChI is InChI=1S/C13H13NO.C2H6/c1-14-10-6-3-2-5-9(10)13-11(14)7-4-8-12(13)15;1-2/h2-3,5-6H,4,7-8H2,1H3;1-2H3. The molecule has 1 aromatic heterocycles. The van der Waals surface area contributed by atoms with Gasteiger partial charge in [0.2, 0.25) is 0 Å². The van der Waals surface area contributed by atoms with Gasteiger partial charge >= 0.3 is 0 Å². The predicted octanol–water partition coefficient (Wildman–Crippen LogP) is 3.72. The molecule has 0 atom stereocenters. The van der Waals surface area contributed by atoms with Crippen molar-refractivity contribution in [3.05, 3.63) is 35.5 Å². The smallest absolute Gasteiger partial charge is 0.165 e. The molecule has 0 spiro atoms. The monoisotopic (exact) mass is 229 g/mol. The summed E-state index contributed by atoms with van der Waals surface area (Å²) in [4.78, 5) is 11.9. The van der Waals surface area contributed by atoms with Gasteiger partial charge in [0.1, 0.15) is 0 Å². The molecule has 0 unspecified atom stereocenters. The molecule has 2 heteroatoms. The molecule has 1 aromatic carbocycles. The van der Waals surface area contributed by atoms with Crippen LogP contribution in [0.4, 0.5) is 0 Å². The predicted molar refractivity (Wildman–Crippen MR) is 71.5 cm³/mol. The summed E-state index contributed by atoms with van der Waals surface area (Å²) in [5.41, 5.74) is 3.37. The van der Waals surface area contributed by atoms with Gasteiger partial charge in [-0.05, 0) is 18.9 Å². The molecule has 2 aromatic rings. The van der Waals surface area contributed by atoms with E-state index < -0.39 is 0 Å². The summed E-state index contributed by atoms with van der Waals surface area (Å²) < 4.78 is 2.17. The number of para-hydroxylation sites is 1.